The van der Waals surface area contributed by atoms with Crippen LogP contribution in [0.3, 0.4) is 0 Å². The van der Waals surface area contributed by atoms with Gasteiger partial charge in [-0.2, -0.15) is 0 Å². The molecule has 4 aromatic rings. The summed E-state index contributed by atoms with van der Waals surface area (Å²) in [7, 11) is 0. The fourth-order valence-corrected chi connectivity index (χ4v) is 5.42. The zero-order chi connectivity index (χ0) is 32.0. The summed E-state index contributed by atoms with van der Waals surface area (Å²) in [6, 6.07) is 13.1. The van der Waals surface area contributed by atoms with Gasteiger partial charge in [0.05, 0.1) is 11.1 Å². The number of nitrogens with one attached hydrogen (secondary N) is 1. The largest absolute Gasteiger partial charge is 0.453 e. The van der Waals surface area contributed by atoms with Crippen LogP contribution in [0.25, 0.3) is 33.2 Å². The summed E-state index contributed by atoms with van der Waals surface area (Å²) in [6.07, 6.45) is 0.708. The molecular formula is C34H40N4O6. The summed E-state index contributed by atoms with van der Waals surface area (Å²) in [5, 5.41) is 2.91. The van der Waals surface area contributed by atoms with Gasteiger partial charge in [-0.05, 0) is 90.8 Å². The van der Waals surface area contributed by atoms with E-state index < -0.39 is 17.3 Å². The van der Waals surface area contributed by atoms with Crippen LogP contribution < -0.4 is 15.6 Å². The average molecular weight is 601 g/mol. The van der Waals surface area contributed by atoms with Crippen molar-refractivity contribution < 1.29 is 23.5 Å². The third-order valence-electron chi connectivity index (χ3n) is 7.32. The van der Waals surface area contributed by atoms with Crippen molar-refractivity contribution in [2.24, 2.45) is 0 Å². The lowest BCUT2D eigenvalue weighted by Crippen LogP contribution is -2.55. The lowest BCUT2D eigenvalue weighted by atomic mass is 9.99. The first-order chi connectivity index (χ1) is 20.6. The van der Waals surface area contributed by atoms with Crippen LogP contribution in [0.4, 0.5) is 21.0 Å². The molecule has 0 spiro atoms. The minimum absolute atomic E-state index is 0.0121. The zero-order valence-corrected chi connectivity index (χ0v) is 26.6. The third-order valence-corrected chi connectivity index (χ3v) is 7.32. The SMILES string of the molecule is Cc1cnc2c(=O)c3c(NC(=O)OC(C)(C)C)cccc3oc2c1-c1ccc(N2CCN(C(=O)OC(C)(C)C)[C@@H](C)C2)cc1. The van der Waals surface area contributed by atoms with Crippen molar-refractivity contribution >= 4 is 45.6 Å². The Labute approximate surface area is 256 Å². The molecule has 3 heterocycles. The number of fused-ring (bicyclic) bond motifs is 2. The molecule has 1 atom stereocenters. The van der Waals surface area contributed by atoms with Gasteiger partial charge in [0, 0.05) is 43.1 Å². The monoisotopic (exact) mass is 600 g/mol. The summed E-state index contributed by atoms with van der Waals surface area (Å²) >= 11 is 0. The number of aryl methyl sites for hydroxylation is 1. The second-order valence-electron chi connectivity index (χ2n) is 13.2. The van der Waals surface area contributed by atoms with E-state index >= 15 is 0 Å². The number of pyridine rings is 1. The summed E-state index contributed by atoms with van der Waals surface area (Å²) in [4.78, 5) is 47.4. The molecule has 0 radical (unpaired) electrons. The first-order valence-corrected chi connectivity index (χ1v) is 14.8. The molecule has 10 heteroatoms. The predicted molar refractivity (Wildman–Crippen MR) is 172 cm³/mol. The smallest absolute Gasteiger partial charge is 0.412 e. The number of benzene rings is 2. The van der Waals surface area contributed by atoms with E-state index in [9.17, 15) is 14.4 Å². The Morgan fingerprint density at radius 3 is 2.30 bits per heavy atom. The minimum Gasteiger partial charge on any atom is -0.453 e. The standard InChI is InChI=1S/C34H40N4O6/c1-20-18-35-28-29(39)27-24(36-31(40)43-33(3,4)5)10-9-11-25(27)42-30(28)26(20)22-12-14-23(15-13-22)37-16-17-38(21(2)19-37)32(41)44-34(6,7)8/h9-15,18,21H,16-17,19H2,1-8H3,(H,36,40)/t21-/m0/s1. The van der Waals surface area contributed by atoms with Crippen LogP contribution in [0.5, 0.6) is 0 Å². The highest BCUT2D eigenvalue weighted by atomic mass is 16.6. The normalized spacial score (nSPS) is 15.9. The van der Waals surface area contributed by atoms with E-state index in [4.69, 9.17) is 13.9 Å². The molecule has 1 aliphatic rings. The van der Waals surface area contributed by atoms with Gasteiger partial charge in [0.25, 0.3) is 0 Å². The number of anilines is 2. The number of amides is 2. The second kappa shape index (κ2) is 11.5. The Morgan fingerprint density at radius 1 is 0.977 bits per heavy atom. The quantitative estimate of drug-likeness (QED) is 0.248. The van der Waals surface area contributed by atoms with Crippen molar-refractivity contribution in [1.82, 2.24) is 9.88 Å². The molecule has 232 valence electrons. The van der Waals surface area contributed by atoms with Crippen LogP contribution in [0.2, 0.25) is 0 Å². The molecular weight excluding hydrogens is 560 g/mol. The highest BCUT2D eigenvalue weighted by Gasteiger charge is 2.31. The lowest BCUT2D eigenvalue weighted by molar-refractivity contribution is 0.0158. The van der Waals surface area contributed by atoms with Crippen molar-refractivity contribution in [2.75, 3.05) is 29.9 Å². The number of hydrogen-bond acceptors (Lipinski definition) is 8. The van der Waals surface area contributed by atoms with E-state index in [-0.39, 0.29) is 28.5 Å². The van der Waals surface area contributed by atoms with Gasteiger partial charge in [-0.1, -0.05) is 18.2 Å². The Morgan fingerprint density at radius 2 is 1.66 bits per heavy atom. The molecule has 2 amide bonds. The van der Waals surface area contributed by atoms with Gasteiger partial charge in [-0.15, -0.1) is 0 Å². The molecule has 0 aliphatic carbocycles. The van der Waals surface area contributed by atoms with E-state index in [0.717, 1.165) is 22.4 Å². The van der Waals surface area contributed by atoms with Gasteiger partial charge in [0.2, 0.25) is 5.43 Å². The molecule has 1 N–H and O–H groups in total. The van der Waals surface area contributed by atoms with Crippen LogP contribution >= 0.6 is 0 Å². The van der Waals surface area contributed by atoms with Crippen LogP contribution in [0.15, 0.2) is 57.9 Å². The molecule has 1 saturated heterocycles. The van der Waals surface area contributed by atoms with Crippen LogP contribution in [0, 0.1) is 6.92 Å². The van der Waals surface area contributed by atoms with E-state index in [1.54, 1.807) is 50.1 Å². The van der Waals surface area contributed by atoms with Crippen molar-refractivity contribution in [2.45, 2.75) is 72.6 Å². The molecule has 5 rings (SSSR count). The Balaban J connectivity index is 1.44. The summed E-state index contributed by atoms with van der Waals surface area (Å²) in [5.74, 6) is 0. The predicted octanol–water partition coefficient (Wildman–Crippen LogP) is 7.11. The molecule has 1 fully saturated rings. The van der Waals surface area contributed by atoms with Gasteiger partial charge < -0.3 is 23.7 Å². The minimum atomic E-state index is -0.692. The van der Waals surface area contributed by atoms with Crippen molar-refractivity contribution in [1.29, 1.82) is 0 Å². The van der Waals surface area contributed by atoms with Gasteiger partial charge in [-0.3, -0.25) is 10.1 Å². The number of piperazine rings is 1. The number of hydrogen-bond donors (Lipinski definition) is 1. The number of carbonyl (C=O) groups excluding carboxylic acids is 2. The van der Waals surface area contributed by atoms with E-state index in [1.165, 1.54) is 0 Å². The van der Waals surface area contributed by atoms with Gasteiger partial charge in [0.1, 0.15) is 16.8 Å². The number of ether oxygens (including phenoxy) is 2. The second-order valence-corrected chi connectivity index (χ2v) is 13.2. The van der Waals surface area contributed by atoms with Crippen LogP contribution in [-0.4, -0.2) is 58.9 Å². The topological polar surface area (TPSA) is 114 Å². The Kier molecular flexibility index (Phi) is 8.05. The maximum Gasteiger partial charge on any atom is 0.412 e. The van der Waals surface area contributed by atoms with Crippen molar-refractivity contribution in [3.8, 4) is 11.1 Å². The molecule has 0 bridgehead atoms. The Hall–Kier alpha value is -4.60. The molecule has 0 unspecified atom stereocenters. The lowest BCUT2D eigenvalue weighted by Gasteiger charge is -2.41. The van der Waals surface area contributed by atoms with Crippen LogP contribution in [-0.2, 0) is 9.47 Å². The van der Waals surface area contributed by atoms with Gasteiger partial charge in [-0.25, -0.2) is 14.6 Å². The summed E-state index contributed by atoms with van der Waals surface area (Å²) in [5.41, 5.74) is 3.14. The molecule has 10 nitrogen and oxygen atoms in total. The van der Waals surface area contributed by atoms with Crippen molar-refractivity contribution in [3.63, 3.8) is 0 Å². The summed E-state index contributed by atoms with van der Waals surface area (Å²) < 4.78 is 17.3. The molecule has 2 aromatic carbocycles. The highest BCUT2D eigenvalue weighted by molar-refractivity contribution is 6.03. The average Bonchev–Trinajstić information content (AvgIpc) is 2.91. The number of nitrogens with zero attached hydrogens (tertiary/aromatic N) is 3. The maximum absolute atomic E-state index is 13.8. The van der Waals surface area contributed by atoms with Crippen molar-refractivity contribution in [3.05, 3.63) is 64.4 Å². The van der Waals surface area contributed by atoms with E-state index in [0.29, 0.717) is 36.5 Å². The first-order valence-electron chi connectivity index (χ1n) is 14.8. The molecule has 2 aromatic heterocycles. The van der Waals surface area contributed by atoms with E-state index in [1.807, 2.05) is 58.9 Å². The first kappa shape index (κ1) is 30.8. The summed E-state index contributed by atoms with van der Waals surface area (Å²) in [6.45, 7) is 16.8. The van der Waals surface area contributed by atoms with E-state index in [2.05, 4.69) is 15.2 Å². The van der Waals surface area contributed by atoms with Crippen LogP contribution in [0.1, 0.15) is 54.0 Å². The molecule has 44 heavy (non-hydrogen) atoms. The highest BCUT2D eigenvalue weighted by Crippen LogP contribution is 2.34. The fraction of sp³-hybridized carbons (Fsp3) is 0.412. The maximum atomic E-state index is 13.8. The van der Waals surface area contributed by atoms with Gasteiger partial charge >= 0.3 is 12.2 Å². The zero-order valence-electron chi connectivity index (χ0n) is 26.6. The van der Waals surface area contributed by atoms with Gasteiger partial charge in [0.15, 0.2) is 11.1 Å². The third kappa shape index (κ3) is 6.49. The number of rotatable bonds is 3. The fourth-order valence-electron chi connectivity index (χ4n) is 5.42. The number of aromatic nitrogens is 1. The number of carbonyl (C=O) groups is 2. The Bertz CT molecular complexity index is 1780. The molecule has 1 aliphatic heterocycles. The molecule has 0 saturated carbocycles.